The van der Waals surface area contributed by atoms with Crippen molar-refractivity contribution in [1.82, 2.24) is 14.8 Å². The van der Waals surface area contributed by atoms with Crippen LogP contribution in [0.4, 0.5) is 5.69 Å². The van der Waals surface area contributed by atoms with Crippen LogP contribution in [-0.4, -0.2) is 33.5 Å². The Labute approximate surface area is 187 Å². The Balaban J connectivity index is 1.34. The third-order valence-corrected chi connectivity index (χ3v) is 6.26. The van der Waals surface area contributed by atoms with Gasteiger partial charge in [0.25, 0.3) is 0 Å². The number of nitrogens with one attached hydrogen (secondary N) is 1. The second-order valence-corrected chi connectivity index (χ2v) is 8.18. The molecule has 5 aromatic rings. The average Bonchev–Trinajstić information content (AvgIpc) is 3.48. The van der Waals surface area contributed by atoms with Crippen LogP contribution in [0.25, 0.3) is 33.3 Å². The number of rotatable bonds is 6. The first kappa shape index (κ1) is 20.2. The zero-order chi connectivity index (χ0) is 22.2. The van der Waals surface area contributed by atoms with E-state index in [2.05, 4.69) is 15.5 Å². The van der Waals surface area contributed by atoms with Gasteiger partial charge in [0.05, 0.1) is 30.4 Å². The molecular weight excluding hydrogens is 428 g/mol. The van der Waals surface area contributed by atoms with E-state index in [-0.39, 0.29) is 11.7 Å². The molecule has 0 unspecified atom stereocenters. The molecule has 3 heterocycles. The Morgan fingerprint density at radius 2 is 2.00 bits per heavy atom. The van der Waals surface area contributed by atoms with Crippen LogP contribution >= 0.6 is 11.8 Å². The van der Waals surface area contributed by atoms with Crippen LogP contribution in [0.3, 0.4) is 0 Å². The van der Waals surface area contributed by atoms with Crippen LogP contribution in [0, 0.1) is 6.92 Å². The highest BCUT2D eigenvalue weighted by molar-refractivity contribution is 7.99. The smallest absolute Gasteiger partial charge is 0.234 e. The van der Waals surface area contributed by atoms with E-state index in [9.17, 15) is 4.79 Å². The van der Waals surface area contributed by atoms with E-state index in [0.29, 0.717) is 28.0 Å². The first-order chi connectivity index (χ1) is 15.5. The zero-order valence-corrected chi connectivity index (χ0v) is 18.5. The van der Waals surface area contributed by atoms with Crippen LogP contribution < -0.4 is 10.1 Å². The molecule has 0 aliphatic rings. The highest BCUT2D eigenvalue weighted by Gasteiger charge is 2.17. The molecule has 0 aliphatic carbocycles. The first-order valence-corrected chi connectivity index (χ1v) is 10.9. The van der Waals surface area contributed by atoms with E-state index in [0.717, 1.165) is 27.7 Å². The molecule has 1 N–H and O–H groups in total. The fourth-order valence-corrected chi connectivity index (χ4v) is 4.34. The fraction of sp³-hybridized carbons (Fsp3) is 0.174. The molecule has 0 bridgehead atoms. The third-order valence-electron chi connectivity index (χ3n) is 5.24. The number of benzene rings is 2. The zero-order valence-electron chi connectivity index (χ0n) is 17.7. The van der Waals surface area contributed by atoms with Gasteiger partial charge in [0.15, 0.2) is 11.0 Å². The predicted octanol–water partition coefficient (Wildman–Crippen LogP) is 5.02. The number of hydrogen-bond acceptors (Lipinski definition) is 7. The molecule has 1 amide bonds. The molecule has 2 aromatic carbocycles. The predicted molar refractivity (Wildman–Crippen MR) is 123 cm³/mol. The normalized spacial score (nSPS) is 11.3. The minimum Gasteiger partial charge on any atom is -0.495 e. The summed E-state index contributed by atoms with van der Waals surface area (Å²) in [5.41, 5.74) is 2.90. The highest BCUT2D eigenvalue weighted by Crippen LogP contribution is 2.36. The fourth-order valence-electron chi connectivity index (χ4n) is 3.63. The van der Waals surface area contributed by atoms with E-state index in [4.69, 9.17) is 13.6 Å². The minimum absolute atomic E-state index is 0.164. The Morgan fingerprint density at radius 1 is 1.16 bits per heavy atom. The SMILES string of the molecule is COc1cc2c(cc1NC(=O)CSc1nnc(-c3ccoc3C)n1C)oc1ccccc12. The largest absolute Gasteiger partial charge is 0.495 e. The third kappa shape index (κ3) is 3.50. The molecule has 3 aromatic heterocycles. The van der Waals surface area contributed by atoms with Crippen molar-refractivity contribution < 1.29 is 18.4 Å². The van der Waals surface area contributed by atoms with Gasteiger partial charge in [-0.15, -0.1) is 10.2 Å². The summed E-state index contributed by atoms with van der Waals surface area (Å²) in [6.07, 6.45) is 1.62. The molecule has 0 saturated carbocycles. The Morgan fingerprint density at radius 3 is 2.78 bits per heavy atom. The van der Waals surface area contributed by atoms with Crippen molar-refractivity contribution in [2.75, 3.05) is 18.2 Å². The maximum absolute atomic E-state index is 12.7. The number of furan rings is 2. The number of hydrogen-bond donors (Lipinski definition) is 1. The van der Waals surface area contributed by atoms with Crippen molar-refractivity contribution in [3.05, 3.63) is 54.5 Å². The number of nitrogens with zero attached hydrogens (tertiary/aromatic N) is 3. The average molecular weight is 449 g/mol. The Hall–Kier alpha value is -3.72. The van der Waals surface area contributed by atoms with Gasteiger partial charge >= 0.3 is 0 Å². The van der Waals surface area contributed by atoms with E-state index >= 15 is 0 Å². The molecule has 8 nitrogen and oxygen atoms in total. The number of carbonyl (C=O) groups excluding carboxylic acids is 1. The van der Waals surface area contributed by atoms with Crippen molar-refractivity contribution in [2.24, 2.45) is 7.05 Å². The summed E-state index contributed by atoms with van der Waals surface area (Å²) in [6.45, 7) is 1.87. The first-order valence-electron chi connectivity index (χ1n) is 9.91. The van der Waals surface area contributed by atoms with Gasteiger partial charge in [-0.25, -0.2) is 0 Å². The lowest BCUT2D eigenvalue weighted by molar-refractivity contribution is -0.113. The Kier molecular flexibility index (Phi) is 5.10. The van der Waals surface area contributed by atoms with E-state index in [1.165, 1.54) is 11.8 Å². The van der Waals surface area contributed by atoms with E-state index in [1.54, 1.807) is 19.4 Å². The summed E-state index contributed by atoms with van der Waals surface area (Å²) < 4.78 is 18.6. The van der Waals surface area contributed by atoms with Crippen molar-refractivity contribution >= 4 is 45.3 Å². The van der Waals surface area contributed by atoms with Crippen LogP contribution in [-0.2, 0) is 11.8 Å². The molecule has 0 spiro atoms. The van der Waals surface area contributed by atoms with Gasteiger partial charge in [-0.3, -0.25) is 4.79 Å². The molecule has 0 saturated heterocycles. The standard InChI is InChI=1S/C23H20N4O4S/c1-13-14(8-9-30-13)22-25-26-23(27(22)2)32-12-21(28)24-17-11-19-16(10-20(17)29-3)15-6-4-5-7-18(15)31-19/h4-11H,12H2,1-3H3,(H,24,28). The lowest BCUT2D eigenvalue weighted by atomic mass is 10.1. The number of ether oxygens (including phenoxy) is 1. The highest BCUT2D eigenvalue weighted by atomic mass is 32.2. The number of methoxy groups -OCH3 is 1. The summed E-state index contributed by atoms with van der Waals surface area (Å²) in [7, 11) is 3.44. The Bertz CT molecular complexity index is 1450. The second kappa shape index (κ2) is 8.08. The number of amides is 1. The molecule has 5 rings (SSSR count). The van der Waals surface area contributed by atoms with Gasteiger partial charge < -0.3 is 23.5 Å². The van der Waals surface area contributed by atoms with Crippen molar-refractivity contribution in [3.8, 4) is 17.1 Å². The van der Waals surface area contributed by atoms with Gasteiger partial charge in [0.1, 0.15) is 22.7 Å². The minimum atomic E-state index is -0.187. The molecule has 0 atom stereocenters. The van der Waals surface area contributed by atoms with Gasteiger partial charge in [-0.05, 0) is 25.1 Å². The summed E-state index contributed by atoms with van der Waals surface area (Å²) >= 11 is 1.30. The monoisotopic (exact) mass is 448 g/mol. The van der Waals surface area contributed by atoms with Crippen molar-refractivity contribution in [3.63, 3.8) is 0 Å². The molecule has 0 fully saturated rings. The number of para-hydroxylation sites is 1. The molecule has 9 heteroatoms. The summed E-state index contributed by atoms with van der Waals surface area (Å²) in [5, 5.41) is 13.9. The topological polar surface area (TPSA) is 95.3 Å². The number of aryl methyl sites for hydroxylation is 1. The number of fused-ring (bicyclic) bond motifs is 3. The summed E-state index contributed by atoms with van der Waals surface area (Å²) in [6, 6.07) is 13.3. The lowest BCUT2D eigenvalue weighted by Crippen LogP contribution is -2.15. The lowest BCUT2D eigenvalue weighted by Gasteiger charge is -2.10. The summed E-state index contributed by atoms with van der Waals surface area (Å²) in [4.78, 5) is 12.7. The maximum atomic E-state index is 12.7. The van der Waals surface area contributed by atoms with Gasteiger partial charge in [-0.2, -0.15) is 0 Å². The van der Waals surface area contributed by atoms with Crippen molar-refractivity contribution in [2.45, 2.75) is 12.1 Å². The van der Waals surface area contributed by atoms with Crippen LogP contribution in [0.5, 0.6) is 5.75 Å². The number of aromatic nitrogens is 3. The van der Waals surface area contributed by atoms with Crippen molar-refractivity contribution in [1.29, 1.82) is 0 Å². The molecular formula is C23H20N4O4S. The number of thioether (sulfide) groups is 1. The second-order valence-electron chi connectivity index (χ2n) is 7.24. The van der Waals surface area contributed by atoms with Gasteiger partial charge in [-0.1, -0.05) is 30.0 Å². The maximum Gasteiger partial charge on any atom is 0.234 e. The van der Waals surface area contributed by atoms with Crippen LogP contribution in [0.15, 0.2) is 62.7 Å². The quantitative estimate of drug-likeness (QED) is 0.364. The molecule has 32 heavy (non-hydrogen) atoms. The van der Waals surface area contributed by atoms with E-state index < -0.39 is 0 Å². The van der Waals surface area contributed by atoms with Crippen LogP contribution in [0.2, 0.25) is 0 Å². The van der Waals surface area contributed by atoms with Crippen LogP contribution in [0.1, 0.15) is 5.76 Å². The van der Waals surface area contributed by atoms with E-state index in [1.807, 2.05) is 54.9 Å². The number of carbonyl (C=O) groups is 1. The molecule has 0 radical (unpaired) electrons. The number of anilines is 1. The van der Waals surface area contributed by atoms with Gasteiger partial charge in [0.2, 0.25) is 5.91 Å². The summed E-state index contributed by atoms with van der Waals surface area (Å²) in [5.74, 6) is 2.00. The van der Waals surface area contributed by atoms with Gasteiger partial charge in [0, 0.05) is 23.9 Å². The molecule has 162 valence electrons. The molecule has 0 aliphatic heterocycles.